The maximum atomic E-state index is 12.4. The van der Waals surface area contributed by atoms with Crippen LogP contribution in [0.1, 0.15) is 24.4 Å². The zero-order chi connectivity index (χ0) is 16.9. The number of carbonyl (C=O) groups is 1. The van der Waals surface area contributed by atoms with E-state index in [4.69, 9.17) is 0 Å². The minimum absolute atomic E-state index is 0.0133. The fraction of sp³-hybridized carbons (Fsp3) is 0.312. The summed E-state index contributed by atoms with van der Waals surface area (Å²) in [7, 11) is 0. The summed E-state index contributed by atoms with van der Waals surface area (Å²) in [6, 6.07) is 6.47. The molecule has 1 aliphatic rings. The van der Waals surface area contributed by atoms with Crippen molar-refractivity contribution in [1.29, 1.82) is 0 Å². The molecule has 1 atom stereocenters. The summed E-state index contributed by atoms with van der Waals surface area (Å²) in [6.45, 7) is 1.23. The number of hydrogen-bond acceptors (Lipinski definition) is 5. The minimum atomic E-state index is -0.453. The van der Waals surface area contributed by atoms with Gasteiger partial charge in [-0.1, -0.05) is 12.1 Å². The van der Waals surface area contributed by atoms with Crippen molar-refractivity contribution in [2.24, 2.45) is 0 Å². The van der Waals surface area contributed by atoms with Crippen molar-refractivity contribution in [1.82, 2.24) is 19.7 Å². The van der Waals surface area contributed by atoms with E-state index in [-0.39, 0.29) is 17.6 Å². The Bertz CT molecular complexity index is 757. The third-order valence-electron chi connectivity index (χ3n) is 4.06. The molecule has 1 fully saturated rings. The summed E-state index contributed by atoms with van der Waals surface area (Å²) in [5, 5.41) is 15.1. The van der Waals surface area contributed by atoms with E-state index < -0.39 is 4.92 Å². The maximum Gasteiger partial charge on any atom is 0.276 e. The van der Waals surface area contributed by atoms with Crippen molar-refractivity contribution in [3.63, 3.8) is 0 Å². The van der Waals surface area contributed by atoms with Crippen LogP contribution in [-0.2, 0) is 4.79 Å². The molecule has 2 heterocycles. The second kappa shape index (κ2) is 7.03. The normalized spacial score (nSPS) is 18.0. The predicted molar refractivity (Wildman–Crippen MR) is 87.0 cm³/mol. The van der Waals surface area contributed by atoms with E-state index >= 15 is 0 Å². The van der Waals surface area contributed by atoms with E-state index in [0.29, 0.717) is 18.7 Å². The number of aromatic nitrogens is 3. The van der Waals surface area contributed by atoms with Crippen molar-refractivity contribution in [2.75, 3.05) is 13.1 Å². The largest absolute Gasteiger partial charge is 0.337 e. The number of nitrogens with zero attached hydrogens (tertiary/aromatic N) is 5. The van der Waals surface area contributed by atoms with E-state index in [1.54, 1.807) is 34.1 Å². The lowest BCUT2D eigenvalue weighted by Gasteiger charge is -2.31. The first-order valence-electron chi connectivity index (χ1n) is 7.69. The average Bonchev–Trinajstić information content (AvgIpc) is 3.14. The number of benzene rings is 1. The molecule has 0 saturated carbocycles. The van der Waals surface area contributed by atoms with Gasteiger partial charge in [0.15, 0.2) is 0 Å². The molecule has 0 bridgehead atoms. The van der Waals surface area contributed by atoms with E-state index in [1.807, 2.05) is 0 Å². The van der Waals surface area contributed by atoms with E-state index in [0.717, 1.165) is 12.8 Å². The van der Waals surface area contributed by atoms with Crippen LogP contribution < -0.4 is 0 Å². The van der Waals surface area contributed by atoms with Crippen LogP contribution >= 0.6 is 0 Å². The standard InChI is InChI=1S/C16H17N5O3/c22-16(8-7-13-4-1-2-6-15(13)21(23)24)19-9-3-5-14(10-19)20-12-17-11-18-20/h1-2,4,6-8,11-12,14H,3,5,9-10H2. The number of hydrogen-bond donors (Lipinski definition) is 0. The number of likely N-dealkylation sites (tertiary alicyclic amines) is 1. The number of nitro groups is 1. The van der Waals surface area contributed by atoms with Crippen LogP contribution in [0.2, 0.25) is 0 Å². The summed E-state index contributed by atoms with van der Waals surface area (Å²) >= 11 is 0. The Morgan fingerprint density at radius 3 is 2.96 bits per heavy atom. The molecule has 8 heteroatoms. The number of para-hydroxylation sites is 1. The molecule has 1 saturated heterocycles. The van der Waals surface area contributed by atoms with Crippen LogP contribution in [0.25, 0.3) is 6.08 Å². The molecule has 1 amide bonds. The second-order valence-corrected chi connectivity index (χ2v) is 5.61. The highest BCUT2D eigenvalue weighted by atomic mass is 16.6. The average molecular weight is 327 g/mol. The van der Waals surface area contributed by atoms with E-state index in [9.17, 15) is 14.9 Å². The van der Waals surface area contributed by atoms with Crippen molar-refractivity contribution in [2.45, 2.75) is 18.9 Å². The van der Waals surface area contributed by atoms with Crippen LogP contribution in [0.5, 0.6) is 0 Å². The zero-order valence-electron chi connectivity index (χ0n) is 13.0. The molecular formula is C16H17N5O3. The molecular weight excluding hydrogens is 310 g/mol. The first-order valence-corrected chi connectivity index (χ1v) is 7.69. The monoisotopic (exact) mass is 327 g/mol. The molecule has 0 radical (unpaired) electrons. The van der Waals surface area contributed by atoms with E-state index in [1.165, 1.54) is 24.5 Å². The van der Waals surface area contributed by atoms with Gasteiger partial charge in [0.1, 0.15) is 12.7 Å². The van der Waals surface area contributed by atoms with Gasteiger partial charge in [0.2, 0.25) is 5.91 Å². The smallest absolute Gasteiger partial charge is 0.276 e. The van der Waals surface area contributed by atoms with Crippen molar-refractivity contribution >= 4 is 17.7 Å². The fourth-order valence-corrected chi connectivity index (χ4v) is 2.84. The summed E-state index contributed by atoms with van der Waals surface area (Å²) < 4.78 is 1.77. The molecule has 124 valence electrons. The first-order chi connectivity index (χ1) is 11.6. The summed E-state index contributed by atoms with van der Waals surface area (Å²) in [4.78, 5) is 28.6. The molecule has 24 heavy (non-hydrogen) atoms. The fourth-order valence-electron chi connectivity index (χ4n) is 2.84. The van der Waals surface area contributed by atoms with Crippen molar-refractivity contribution < 1.29 is 9.72 Å². The second-order valence-electron chi connectivity index (χ2n) is 5.61. The molecule has 0 spiro atoms. The third-order valence-corrected chi connectivity index (χ3v) is 4.06. The van der Waals surface area contributed by atoms with Gasteiger partial charge < -0.3 is 4.90 Å². The highest BCUT2D eigenvalue weighted by Gasteiger charge is 2.24. The summed E-state index contributed by atoms with van der Waals surface area (Å²) in [5.74, 6) is -0.155. The van der Waals surface area contributed by atoms with Crippen molar-refractivity contribution in [3.8, 4) is 0 Å². The third kappa shape index (κ3) is 3.48. The number of piperidine rings is 1. The van der Waals surface area contributed by atoms with Gasteiger partial charge in [0.25, 0.3) is 5.69 Å². The lowest BCUT2D eigenvalue weighted by Crippen LogP contribution is -2.40. The van der Waals surface area contributed by atoms with Gasteiger partial charge in [-0.25, -0.2) is 9.67 Å². The molecule has 1 unspecified atom stereocenters. The Morgan fingerprint density at radius 2 is 2.21 bits per heavy atom. The first kappa shape index (κ1) is 15.9. The lowest BCUT2D eigenvalue weighted by molar-refractivity contribution is -0.385. The van der Waals surface area contributed by atoms with Crippen LogP contribution in [0.4, 0.5) is 5.69 Å². The van der Waals surface area contributed by atoms with Crippen molar-refractivity contribution in [3.05, 3.63) is 58.7 Å². The van der Waals surface area contributed by atoms with Gasteiger partial charge in [-0.05, 0) is 25.0 Å². The van der Waals surface area contributed by atoms with Crippen LogP contribution in [0.3, 0.4) is 0 Å². The number of carbonyl (C=O) groups excluding carboxylic acids is 1. The topological polar surface area (TPSA) is 94.2 Å². The SMILES string of the molecule is O=C(C=Cc1ccccc1[N+](=O)[O-])N1CCCC(n2cncn2)C1. The molecule has 3 rings (SSSR count). The Labute approximate surface area is 138 Å². The van der Waals surface area contributed by atoms with Gasteiger partial charge in [-0.2, -0.15) is 5.10 Å². The number of nitro benzene ring substituents is 1. The highest BCUT2D eigenvalue weighted by Crippen LogP contribution is 2.22. The Hall–Kier alpha value is -3.03. The molecule has 2 aromatic rings. The van der Waals surface area contributed by atoms with E-state index in [2.05, 4.69) is 10.1 Å². The molecule has 1 aliphatic heterocycles. The Kier molecular flexibility index (Phi) is 4.64. The zero-order valence-corrected chi connectivity index (χ0v) is 13.0. The quantitative estimate of drug-likeness (QED) is 0.487. The Morgan fingerprint density at radius 1 is 1.38 bits per heavy atom. The van der Waals surface area contributed by atoms with Crippen LogP contribution in [-0.4, -0.2) is 43.6 Å². The predicted octanol–water partition coefficient (Wildman–Crippen LogP) is 2.06. The molecule has 8 nitrogen and oxygen atoms in total. The Balaban J connectivity index is 1.69. The van der Waals surface area contributed by atoms with Crippen LogP contribution in [0, 0.1) is 10.1 Å². The van der Waals surface area contributed by atoms with Crippen LogP contribution in [0.15, 0.2) is 43.0 Å². The number of rotatable bonds is 4. The molecule has 0 N–H and O–H groups in total. The summed E-state index contributed by atoms with van der Waals surface area (Å²) in [5.41, 5.74) is 0.404. The van der Waals surface area contributed by atoms with Gasteiger partial charge in [-0.3, -0.25) is 14.9 Å². The maximum absolute atomic E-state index is 12.4. The highest BCUT2D eigenvalue weighted by molar-refractivity contribution is 5.92. The summed E-state index contributed by atoms with van der Waals surface area (Å²) in [6.07, 6.45) is 7.86. The van der Waals surface area contributed by atoms with Gasteiger partial charge in [-0.15, -0.1) is 0 Å². The minimum Gasteiger partial charge on any atom is -0.337 e. The molecule has 1 aromatic carbocycles. The molecule has 0 aliphatic carbocycles. The molecule has 1 aromatic heterocycles. The van der Waals surface area contributed by atoms with Gasteiger partial charge in [0, 0.05) is 25.2 Å². The van der Waals surface area contributed by atoms with Gasteiger partial charge in [0.05, 0.1) is 16.5 Å². The van der Waals surface area contributed by atoms with Gasteiger partial charge >= 0.3 is 0 Å². The number of amides is 1. The lowest BCUT2D eigenvalue weighted by atomic mass is 10.1.